The third-order valence-corrected chi connectivity index (χ3v) is 0.706. The maximum absolute atomic E-state index is 7.95. The summed E-state index contributed by atoms with van der Waals surface area (Å²) in [5.41, 5.74) is 0. The molecule has 48 valence electrons. The van der Waals surface area contributed by atoms with E-state index in [0.29, 0.717) is 6.61 Å². The molecular formula is C5H11NO2. The van der Waals surface area contributed by atoms with Crippen molar-refractivity contribution in [2.24, 2.45) is 5.16 Å². The predicted octanol–water partition coefficient (Wildman–Crippen LogP) is 0.871. The van der Waals surface area contributed by atoms with Crippen molar-refractivity contribution in [1.82, 2.24) is 0 Å². The fraction of sp³-hybridized carbons (Fsp3) is 0.800. The second-order valence-corrected chi connectivity index (χ2v) is 1.43. The van der Waals surface area contributed by atoms with E-state index in [1.54, 1.807) is 0 Å². The first-order valence-corrected chi connectivity index (χ1v) is 2.60. The zero-order chi connectivity index (χ0) is 6.41. The lowest BCUT2D eigenvalue weighted by Crippen LogP contribution is -2.08. The van der Waals surface area contributed by atoms with Gasteiger partial charge in [-0.05, 0) is 13.8 Å². The third kappa shape index (κ3) is 3.61. The van der Waals surface area contributed by atoms with Gasteiger partial charge in [-0.2, -0.15) is 0 Å². The number of nitrogens with zero attached hydrogens (tertiary/aromatic N) is 1. The first-order valence-electron chi connectivity index (χ1n) is 2.60. The molecule has 0 spiro atoms. The molecule has 0 aromatic rings. The molecule has 0 radical (unpaired) electrons. The summed E-state index contributed by atoms with van der Waals surface area (Å²) >= 11 is 0. The summed E-state index contributed by atoms with van der Waals surface area (Å²) in [6, 6.07) is 0. The lowest BCUT2D eigenvalue weighted by molar-refractivity contribution is 0.123. The molecule has 3 heteroatoms. The molecular weight excluding hydrogens is 106 g/mol. The second-order valence-electron chi connectivity index (χ2n) is 1.43. The van der Waals surface area contributed by atoms with Crippen LogP contribution in [-0.2, 0) is 4.74 Å². The molecule has 1 unspecified atom stereocenters. The second kappa shape index (κ2) is 4.59. The third-order valence-electron chi connectivity index (χ3n) is 0.706. The highest BCUT2D eigenvalue weighted by Crippen LogP contribution is 1.83. The summed E-state index contributed by atoms with van der Waals surface area (Å²) in [5.74, 6) is 0. The Bertz CT molecular complexity index is 72.8. The van der Waals surface area contributed by atoms with Gasteiger partial charge in [0.1, 0.15) is 0 Å². The van der Waals surface area contributed by atoms with Gasteiger partial charge in [0.15, 0.2) is 0 Å². The van der Waals surface area contributed by atoms with E-state index in [4.69, 9.17) is 9.94 Å². The normalized spacial score (nSPS) is 14.8. The van der Waals surface area contributed by atoms with Crippen LogP contribution >= 0.6 is 0 Å². The standard InChI is InChI=1S/C5H11NO2/c1-3-8-5(2)4-6-7/h4-5,7H,3H2,1-2H3/b6-4+. The Morgan fingerprint density at radius 1 is 1.88 bits per heavy atom. The van der Waals surface area contributed by atoms with E-state index >= 15 is 0 Å². The number of hydrogen-bond donors (Lipinski definition) is 1. The molecule has 0 aromatic heterocycles. The molecule has 8 heavy (non-hydrogen) atoms. The Labute approximate surface area is 49.0 Å². The molecule has 0 aliphatic carbocycles. The lowest BCUT2D eigenvalue weighted by Gasteiger charge is -2.01. The summed E-state index contributed by atoms with van der Waals surface area (Å²) in [6.45, 7) is 4.35. The molecule has 0 heterocycles. The van der Waals surface area contributed by atoms with E-state index in [0.717, 1.165) is 0 Å². The van der Waals surface area contributed by atoms with Crippen molar-refractivity contribution in [2.45, 2.75) is 20.0 Å². The largest absolute Gasteiger partial charge is 0.411 e. The minimum absolute atomic E-state index is 0.0787. The molecule has 0 aliphatic heterocycles. The Hall–Kier alpha value is -0.570. The molecule has 1 atom stereocenters. The zero-order valence-corrected chi connectivity index (χ0v) is 5.16. The number of rotatable bonds is 3. The highest BCUT2D eigenvalue weighted by atomic mass is 16.5. The topological polar surface area (TPSA) is 41.8 Å². The van der Waals surface area contributed by atoms with Gasteiger partial charge in [-0.3, -0.25) is 0 Å². The summed E-state index contributed by atoms with van der Waals surface area (Å²) in [4.78, 5) is 0. The SMILES string of the molecule is CCOC(C)/C=N/O. The van der Waals surface area contributed by atoms with Gasteiger partial charge in [0, 0.05) is 6.61 Å². The number of oxime groups is 1. The van der Waals surface area contributed by atoms with Crippen molar-refractivity contribution in [3.05, 3.63) is 0 Å². The summed E-state index contributed by atoms with van der Waals surface area (Å²) < 4.78 is 4.97. The van der Waals surface area contributed by atoms with Crippen LogP contribution in [0.5, 0.6) is 0 Å². The van der Waals surface area contributed by atoms with Crippen LogP contribution in [0.1, 0.15) is 13.8 Å². The van der Waals surface area contributed by atoms with Crippen LogP contribution < -0.4 is 0 Å². The van der Waals surface area contributed by atoms with Crippen molar-refractivity contribution < 1.29 is 9.94 Å². The van der Waals surface area contributed by atoms with Crippen LogP contribution in [0.3, 0.4) is 0 Å². The predicted molar refractivity (Wildman–Crippen MR) is 31.4 cm³/mol. The Balaban J connectivity index is 3.17. The highest BCUT2D eigenvalue weighted by Gasteiger charge is 1.91. The summed E-state index contributed by atoms with van der Waals surface area (Å²) in [7, 11) is 0. The molecule has 0 saturated carbocycles. The molecule has 3 nitrogen and oxygen atoms in total. The van der Waals surface area contributed by atoms with Crippen LogP contribution in [0.4, 0.5) is 0 Å². The molecule has 0 amide bonds. The zero-order valence-electron chi connectivity index (χ0n) is 5.16. The Morgan fingerprint density at radius 2 is 2.50 bits per heavy atom. The van der Waals surface area contributed by atoms with E-state index in [1.165, 1.54) is 6.21 Å². The fourth-order valence-electron chi connectivity index (χ4n) is 0.400. The first-order chi connectivity index (χ1) is 3.81. The molecule has 0 aliphatic rings. The average molecular weight is 117 g/mol. The minimum atomic E-state index is -0.0787. The first kappa shape index (κ1) is 7.43. The van der Waals surface area contributed by atoms with Gasteiger partial charge in [-0.1, -0.05) is 5.16 Å². The van der Waals surface area contributed by atoms with Crippen molar-refractivity contribution in [2.75, 3.05) is 6.61 Å². The molecule has 1 N–H and O–H groups in total. The monoisotopic (exact) mass is 117 g/mol. The molecule has 0 bridgehead atoms. The van der Waals surface area contributed by atoms with Crippen molar-refractivity contribution in [1.29, 1.82) is 0 Å². The van der Waals surface area contributed by atoms with Crippen LogP contribution in [0, 0.1) is 0 Å². The van der Waals surface area contributed by atoms with Crippen LogP contribution in [-0.4, -0.2) is 24.1 Å². The lowest BCUT2D eigenvalue weighted by atomic mass is 10.4. The smallest absolute Gasteiger partial charge is 0.0931 e. The van der Waals surface area contributed by atoms with Gasteiger partial charge in [-0.25, -0.2) is 0 Å². The molecule has 0 saturated heterocycles. The summed E-state index contributed by atoms with van der Waals surface area (Å²) in [5, 5.41) is 10.8. The van der Waals surface area contributed by atoms with E-state index in [9.17, 15) is 0 Å². The minimum Gasteiger partial charge on any atom is -0.411 e. The van der Waals surface area contributed by atoms with E-state index in [-0.39, 0.29) is 6.10 Å². The summed E-state index contributed by atoms with van der Waals surface area (Å²) in [6.07, 6.45) is 1.26. The van der Waals surface area contributed by atoms with Crippen LogP contribution in [0.2, 0.25) is 0 Å². The Morgan fingerprint density at radius 3 is 2.88 bits per heavy atom. The van der Waals surface area contributed by atoms with Gasteiger partial charge in [0.2, 0.25) is 0 Å². The van der Waals surface area contributed by atoms with Gasteiger partial charge in [-0.15, -0.1) is 0 Å². The Kier molecular flexibility index (Phi) is 4.26. The van der Waals surface area contributed by atoms with Gasteiger partial charge in [0.25, 0.3) is 0 Å². The van der Waals surface area contributed by atoms with Crippen LogP contribution in [0.15, 0.2) is 5.16 Å². The van der Waals surface area contributed by atoms with Crippen LogP contribution in [0.25, 0.3) is 0 Å². The van der Waals surface area contributed by atoms with Gasteiger partial charge in [0.05, 0.1) is 12.3 Å². The quantitative estimate of drug-likeness (QED) is 0.338. The van der Waals surface area contributed by atoms with Gasteiger partial charge < -0.3 is 9.94 Å². The van der Waals surface area contributed by atoms with Crippen molar-refractivity contribution in [3.8, 4) is 0 Å². The van der Waals surface area contributed by atoms with E-state index in [2.05, 4.69) is 5.16 Å². The molecule has 0 aromatic carbocycles. The van der Waals surface area contributed by atoms with Crippen molar-refractivity contribution in [3.63, 3.8) is 0 Å². The number of ether oxygens (including phenoxy) is 1. The van der Waals surface area contributed by atoms with E-state index in [1.807, 2.05) is 13.8 Å². The maximum Gasteiger partial charge on any atom is 0.0931 e. The fourth-order valence-corrected chi connectivity index (χ4v) is 0.400. The molecule has 0 rings (SSSR count). The highest BCUT2D eigenvalue weighted by molar-refractivity contribution is 5.61. The van der Waals surface area contributed by atoms with Crippen molar-refractivity contribution >= 4 is 6.21 Å². The number of hydrogen-bond acceptors (Lipinski definition) is 3. The van der Waals surface area contributed by atoms with Gasteiger partial charge >= 0.3 is 0 Å². The average Bonchev–Trinajstić information content (AvgIpc) is 1.68. The maximum atomic E-state index is 7.95. The molecule has 0 fully saturated rings. The van der Waals surface area contributed by atoms with E-state index < -0.39 is 0 Å².